The van der Waals surface area contributed by atoms with Crippen LogP contribution in [-0.4, -0.2) is 12.3 Å². The number of hydrogen-bond donors (Lipinski definition) is 1. The van der Waals surface area contributed by atoms with Gasteiger partial charge in [-0.1, -0.05) is 59.6 Å². The van der Waals surface area contributed by atoms with Crippen molar-refractivity contribution in [3.05, 3.63) is 35.4 Å². The van der Waals surface area contributed by atoms with Crippen molar-refractivity contribution in [3.63, 3.8) is 0 Å². The summed E-state index contributed by atoms with van der Waals surface area (Å²) in [6, 6.07) is 5.76. The normalized spacial score (nSPS) is 15.8. The van der Waals surface area contributed by atoms with Gasteiger partial charge in [0.1, 0.15) is 5.75 Å². The van der Waals surface area contributed by atoms with Gasteiger partial charge in [-0.2, -0.15) is 0 Å². The highest BCUT2D eigenvalue weighted by Gasteiger charge is 2.34. The second-order valence-corrected chi connectivity index (χ2v) is 8.40. The largest absolute Gasteiger partial charge is 0.573 e. The van der Waals surface area contributed by atoms with Gasteiger partial charge in [0.25, 0.3) is 0 Å². The molecular weight excluding hydrogens is 391 g/mol. The summed E-state index contributed by atoms with van der Waals surface area (Å²) in [6.45, 7) is 12.2. The first kappa shape index (κ1) is 26.1. The molecule has 1 N–H and O–H groups in total. The van der Waals surface area contributed by atoms with E-state index in [0.29, 0.717) is 23.6 Å². The smallest absolute Gasteiger partial charge is 0.406 e. The Labute approximate surface area is 179 Å². The van der Waals surface area contributed by atoms with Gasteiger partial charge in [0, 0.05) is 16.7 Å². The van der Waals surface area contributed by atoms with Gasteiger partial charge in [-0.05, 0) is 56.2 Å². The first-order valence-electron chi connectivity index (χ1n) is 10.8. The molecule has 0 spiro atoms. The Morgan fingerprint density at radius 3 is 2.37 bits per heavy atom. The van der Waals surface area contributed by atoms with Crippen LogP contribution in [0.5, 0.6) is 5.75 Å². The van der Waals surface area contributed by atoms with E-state index in [4.69, 9.17) is 0 Å². The molecule has 0 aliphatic heterocycles. The number of amides is 1. The third-order valence-corrected chi connectivity index (χ3v) is 5.79. The van der Waals surface area contributed by atoms with Crippen LogP contribution in [0.1, 0.15) is 85.6 Å². The van der Waals surface area contributed by atoms with Crippen molar-refractivity contribution >= 4 is 11.6 Å². The molecule has 0 aliphatic rings. The maximum atomic E-state index is 13.3. The molecule has 1 amide bonds. The molecule has 30 heavy (non-hydrogen) atoms. The van der Waals surface area contributed by atoms with Crippen LogP contribution in [0.25, 0.3) is 5.70 Å². The van der Waals surface area contributed by atoms with Crippen molar-refractivity contribution < 1.29 is 22.7 Å². The topological polar surface area (TPSA) is 38.3 Å². The third kappa shape index (κ3) is 8.04. The number of carbonyl (C=O) groups is 1. The number of halogens is 3. The van der Waals surface area contributed by atoms with E-state index >= 15 is 0 Å². The third-order valence-electron chi connectivity index (χ3n) is 5.79. The van der Waals surface area contributed by atoms with Gasteiger partial charge in [0.05, 0.1) is 0 Å². The van der Waals surface area contributed by atoms with Crippen LogP contribution >= 0.6 is 0 Å². The van der Waals surface area contributed by atoms with Crippen molar-refractivity contribution in [2.24, 2.45) is 11.3 Å². The minimum Gasteiger partial charge on any atom is -0.406 e. The van der Waals surface area contributed by atoms with E-state index in [1.807, 2.05) is 20.8 Å². The van der Waals surface area contributed by atoms with Crippen LogP contribution < -0.4 is 10.1 Å². The van der Waals surface area contributed by atoms with E-state index in [-0.39, 0.29) is 11.7 Å². The van der Waals surface area contributed by atoms with E-state index < -0.39 is 11.8 Å². The standard InChI is InChI=1S/C24H36F3NO2/c1-7-14-23(6,15-13-17(4)8-2)22(29)28-21(18(5)9-3)19-11-10-12-20(16-19)30-24(25,26)27/h10-12,16-17H,7-9,13-15H2,1-6H3,(H,28,29)/b21-18+. The number of ether oxygens (including phenoxy) is 1. The van der Waals surface area contributed by atoms with Gasteiger partial charge in [-0.3, -0.25) is 4.79 Å². The lowest BCUT2D eigenvalue weighted by Gasteiger charge is -2.30. The Morgan fingerprint density at radius 2 is 1.83 bits per heavy atom. The Hall–Kier alpha value is -1.98. The van der Waals surface area contributed by atoms with Crippen LogP contribution in [0.4, 0.5) is 13.2 Å². The van der Waals surface area contributed by atoms with E-state index in [9.17, 15) is 18.0 Å². The molecule has 6 heteroatoms. The zero-order valence-electron chi connectivity index (χ0n) is 19.1. The average Bonchev–Trinajstić information content (AvgIpc) is 2.68. The molecule has 1 rings (SSSR count). The highest BCUT2D eigenvalue weighted by Crippen LogP contribution is 2.34. The highest BCUT2D eigenvalue weighted by molar-refractivity contribution is 5.91. The number of nitrogens with one attached hydrogen (secondary N) is 1. The van der Waals surface area contributed by atoms with Crippen molar-refractivity contribution in [2.45, 2.75) is 86.4 Å². The second-order valence-electron chi connectivity index (χ2n) is 8.40. The molecule has 0 bridgehead atoms. The van der Waals surface area contributed by atoms with Gasteiger partial charge in [-0.15, -0.1) is 13.2 Å². The molecule has 0 radical (unpaired) electrons. The van der Waals surface area contributed by atoms with Gasteiger partial charge >= 0.3 is 6.36 Å². The molecular formula is C24H36F3NO2. The van der Waals surface area contributed by atoms with Crippen molar-refractivity contribution in [1.82, 2.24) is 5.32 Å². The Kier molecular flexibility index (Phi) is 9.92. The highest BCUT2D eigenvalue weighted by atomic mass is 19.4. The van der Waals surface area contributed by atoms with Gasteiger partial charge in [0.2, 0.25) is 5.91 Å². The van der Waals surface area contributed by atoms with Crippen molar-refractivity contribution in [2.75, 3.05) is 0 Å². The van der Waals surface area contributed by atoms with Gasteiger partial charge in [0.15, 0.2) is 0 Å². The lowest BCUT2D eigenvalue weighted by atomic mass is 9.78. The molecule has 1 aromatic rings. The summed E-state index contributed by atoms with van der Waals surface area (Å²) in [5, 5.41) is 3.05. The number of carbonyl (C=O) groups excluding carboxylic acids is 1. The molecule has 0 saturated heterocycles. The van der Waals surface area contributed by atoms with Crippen molar-refractivity contribution in [1.29, 1.82) is 0 Å². The molecule has 2 unspecified atom stereocenters. The number of benzene rings is 1. The zero-order valence-corrected chi connectivity index (χ0v) is 19.1. The molecule has 1 aromatic carbocycles. The number of allylic oxidation sites excluding steroid dienone is 1. The fraction of sp³-hybridized carbons (Fsp3) is 0.625. The van der Waals surface area contributed by atoms with E-state index in [0.717, 1.165) is 37.7 Å². The second kappa shape index (κ2) is 11.4. The SMILES string of the molecule is CCCC(C)(CCC(C)CC)C(=O)N/C(=C(\C)CC)c1cccc(OC(F)(F)F)c1. The monoisotopic (exact) mass is 427 g/mol. The molecule has 0 heterocycles. The fourth-order valence-electron chi connectivity index (χ4n) is 3.39. The first-order chi connectivity index (χ1) is 14.0. The zero-order chi connectivity index (χ0) is 22.9. The van der Waals surface area contributed by atoms with E-state index in [1.165, 1.54) is 18.2 Å². The van der Waals surface area contributed by atoms with E-state index in [2.05, 4.69) is 30.8 Å². The summed E-state index contributed by atoms with van der Waals surface area (Å²) in [5.41, 5.74) is 1.43. The van der Waals surface area contributed by atoms with Gasteiger partial charge in [-0.25, -0.2) is 0 Å². The Bertz CT molecular complexity index is 727. The maximum absolute atomic E-state index is 13.3. The Morgan fingerprint density at radius 1 is 1.17 bits per heavy atom. The lowest BCUT2D eigenvalue weighted by Crippen LogP contribution is -2.38. The minimum atomic E-state index is -4.76. The average molecular weight is 428 g/mol. The van der Waals surface area contributed by atoms with Gasteiger partial charge < -0.3 is 10.1 Å². The first-order valence-corrected chi connectivity index (χ1v) is 10.8. The quantitative estimate of drug-likeness (QED) is 0.398. The molecule has 3 nitrogen and oxygen atoms in total. The molecule has 2 atom stereocenters. The summed E-state index contributed by atoms with van der Waals surface area (Å²) < 4.78 is 41.9. The predicted molar refractivity (Wildman–Crippen MR) is 116 cm³/mol. The summed E-state index contributed by atoms with van der Waals surface area (Å²) in [4.78, 5) is 13.3. The van der Waals surface area contributed by atoms with E-state index in [1.54, 1.807) is 6.07 Å². The molecule has 0 aromatic heterocycles. The van der Waals surface area contributed by atoms with Crippen LogP contribution in [0.15, 0.2) is 29.8 Å². The molecule has 0 saturated carbocycles. The summed E-state index contributed by atoms with van der Waals surface area (Å²) in [5.74, 6) is 0.152. The minimum absolute atomic E-state index is 0.0856. The molecule has 0 aliphatic carbocycles. The van der Waals surface area contributed by atoms with Crippen LogP contribution in [0, 0.1) is 11.3 Å². The van der Waals surface area contributed by atoms with Crippen molar-refractivity contribution in [3.8, 4) is 5.75 Å². The van der Waals surface area contributed by atoms with Crippen LogP contribution in [0.3, 0.4) is 0 Å². The summed E-state index contributed by atoms with van der Waals surface area (Å²) >= 11 is 0. The number of alkyl halides is 3. The molecule has 170 valence electrons. The lowest BCUT2D eigenvalue weighted by molar-refractivity contribution is -0.274. The number of rotatable bonds is 11. The molecule has 0 fully saturated rings. The maximum Gasteiger partial charge on any atom is 0.573 e. The number of hydrogen-bond acceptors (Lipinski definition) is 2. The van der Waals surface area contributed by atoms with Crippen LogP contribution in [0.2, 0.25) is 0 Å². The summed E-state index contributed by atoms with van der Waals surface area (Å²) in [7, 11) is 0. The van der Waals surface area contributed by atoms with Crippen LogP contribution in [-0.2, 0) is 4.79 Å². The Balaban J connectivity index is 3.19. The predicted octanol–water partition coefficient (Wildman–Crippen LogP) is 7.48. The summed E-state index contributed by atoms with van der Waals surface area (Å²) in [6.07, 6.45) is 0.336. The fourth-order valence-corrected chi connectivity index (χ4v) is 3.39.